The van der Waals surface area contributed by atoms with Gasteiger partial charge >= 0.3 is 12.4 Å². The Bertz CT molecular complexity index is 159. The summed E-state index contributed by atoms with van der Waals surface area (Å²) in [4.78, 5) is 20.7. The van der Waals surface area contributed by atoms with Gasteiger partial charge in [0.1, 0.15) is 0 Å². The van der Waals surface area contributed by atoms with Crippen LogP contribution in [0, 0.1) is 5.92 Å². The third kappa shape index (κ3) is 3.03. The smallest absolute Gasteiger partial charge is 0.313 e. The quantitative estimate of drug-likeness (QED) is 0.367. The number of esters is 1. The molecule has 0 aliphatic heterocycles. The summed E-state index contributed by atoms with van der Waals surface area (Å²) >= 11 is 0. The van der Waals surface area contributed by atoms with Crippen LogP contribution < -0.4 is 0 Å². The van der Waals surface area contributed by atoms with E-state index in [9.17, 15) is 9.59 Å². The van der Waals surface area contributed by atoms with E-state index in [1.54, 1.807) is 0 Å². The SMILES string of the molecule is O=COC(=O)CC1CCCCC1. The molecule has 1 aliphatic carbocycles. The summed E-state index contributed by atoms with van der Waals surface area (Å²) in [6.45, 7) is 0.213. The predicted molar refractivity (Wildman–Crippen MR) is 43.3 cm³/mol. The summed E-state index contributed by atoms with van der Waals surface area (Å²) in [5.41, 5.74) is 0. The van der Waals surface area contributed by atoms with Gasteiger partial charge in [-0.1, -0.05) is 19.3 Å². The highest BCUT2D eigenvalue weighted by molar-refractivity contribution is 5.76. The molecule has 0 spiro atoms. The van der Waals surface area contributed by atoms with Crippen molar-refractivity contribution in [1.29, 1.82) is 0 Å². The van der Waals surface area contributed by atoms with Crippen LogP contribution in [0.2, 0.25) is 0 Å². The first-order valence-corrected chi connectivity index (χ1v) is 4.46. The number of rotatable bonds is 3. The van der Waals surface area contributed by atoms with Gasteiger partial charge in [0.2, 0.25) is 0 Å². The number of hydrogen-bond donors (Lipinski definition) is 0. The Morgan fingerprint density at radius 2 is 2.00 bits per heavy atom. The van der Waals surface area contributed by atoms with E-state index in [1.165, 1.54) is 19.3 Å². The zero-order chi connectivity index (χ0) is 8.81. The fraction of sp³-hybridized carbons (Fsp3) is 0.778. The molecule has 1 aliphatic rings. The van der Waals surface area contributed by atoms with E-state index >= 15 is 0 Å². The summed E-state index contributed by atoms with van der Waals surface area (Å²) in [6.07, 6.45) is 6.32. The fourth-order valence-corrected chi connectivity index (χ4v) is 1.73. The Kier molecular flexibility index (Phi) is 3.77. The lowest BCUT2D eigenvalue weighted by molar-refractivity contribution is -0.152. The van der Waals surface area contributed by atoms with Crippen molar-refractivity contribution in [3.8, 4) is 0 Å². The van der Waals surface area contributed by atoms with Crippen LogP contribution in [0.15, 0.2) is 0 Å². The zero-order valence-corrected chi connectivity index (χ0v) is 7.12. The highest BCUT2D eigenvalue weighted by Crippen LogP contribution is 2.26. The Morgan fingerprint density at radius 3 is 2.58 bits per heavy atom. The number of hydrogen-bond acceptors (Lipinski definition) is 3. The minimum Gasteiger partial charge on any atom is -0.395 e. The molecule has 68 valence electrons. The van der Waals surface area contributed by atoms with E-state index in [2.05, 4.69) is 4.74 Å². The van der Waals surface area contributed by atoms with Gasteiger partial charge in [-0.2, -0.15) is 0 Å². The second kappa shape index (κ2) is 4.91. The molecular formula is C9H14O3. The lowest BCUT2D eigenvalue weighted by atomic mass is 9.87. The fourth-order valence-electron chi connectivity index (χ4n) is 1.73. The molecule has 0 unspecified atom stereocenters. The van der Waals surface area contributed by atoms with Crippen LogP contribution >= 0.6 is 0 Å². The van der Waals surface area contributed by atoms with Crippen LogP contribution in [0.4, 0.5) is 0 Å². The third-order valence-corrected chi connectivity index (χ3v) is 2.36. The first kappa shape index (κ1) is 9.23. The normalized spacial score (nSPS) is 18.7. The van der Waals surface area contributed by atoms with Crippen molar-refractivity contribution in [3.63, 3.8) is 0 Å². The van der Waals surface area contributed by atoms with Crippen LogP contribution in [0.1, 0.15) is 38.5 Å². The summed E-state index contributed by atoms with van der Waals surface area (Å²) < 4.78 is 4.23. The molecule has 0 bridgehead atoms. The van der Waals surface area contributed by atoms with Gasteiger partial charge < -0.3 is 4.74 Å². The maximum absolute atomic E-state index is 10.9. The van der Waals surface area contributed by atoms with Crippen LogP contribution in [0.3, 0.4) is 0 Å². The van der Waals surface area contributed by atoms with Gasteiger partial charge in [-0.3, -0.25) is 9.59 Å². The molecule has 0 N–H and O–H groups in total. The molecule has 3 heteroatoms. The molecule has 0 heterocycles. The molecule has 1 rings (SSSR count). The first-order chi connectivity index (χ1) is 5.83. The van der Waals surface area contributed by atoms with Crippen LogP contribution in [0.5, 0.6) is 0 Å². The minimum atomic E-state index is -0.378. The van der Waals surface area contributed by atoms with Gasteiger partial charge in [0, 0.05) is 6.42 Å². The average molecular weight is 170 g/mol. The maximum Gasteiger partial charge on any atom is 0.313 e. The van der Waals surface area contributed by atoms with E-state index < -0.39 is 0 Å². The topological polar surface area (TPSA) is 43.4 Å². The summed E-state index contributed by atoms with van der Waals surface area (Å²) in [6, 6.07) is 0. The Hall–Kier alpha value is -0.860. The second-order valence-electron chi connectivity index (χ2n) is 3.29. The number of ether oxygens (including phenoxy) is 1. The zero-order valence-electron chi connectivity index (χ0n) is 7.12. The molecule has 0 aromatic heterocycles. The molecule has 0 atom stereocenters. The van der Waals surface area contributed by atoms with Crippen LogP contribution in [-0.4, -0.2) is 12.4 Å². The average Bonchev–Trinajstić information content (AvgIpc) is 2.06. The van der Waals surface area contributed by atoms with Gasteiger partial charge in [-0.05, 0) is 18.8 Å². The summed E-state index contributed by atoms with van der Waals surface area (Å²) in [5.74, 6) is 0.0723. The van der Waals surface area contributed by atoms with E-state index in [4.69, 9.17) is 0 Å². The van der Waals surface area contributed by atoms with E-state index in [0.717, 1.165) is 12.8 Å². The van der Waals surface area contributed by atoms with Crippen LogP contribution in [-0.2, 0) is 14.3 Å². The van der Waals surface area contributed by atoms with E-state index in [1.807, 2.05) is 0 Å². The Balaban J connectivity index is 2.19. The monoisotopic (exact) mass is 170 g/mol. The summed E-state index contributed by atoms with van der Waals surface area (Å²) in [7, 11) is 0. The second-order valence-corrected chi connectivity index (χ2v) is 3.29. The predicted octanol–water partition coefficient (Wildman–Crippen LogP) is 1.66. The van der Waals surface area contributed by atoms with Gasteiger partial charge in [0.15, 0.2) is 0 Å². The lowest BCUT2D eigenvalue weighted by Crippen LogP contribution is -2.13. The molecular weight excluding hydrogens is 156 g/mol. The standard InChI is InChI=1S/C9H14O3/c10-7-12-9(11)6-8-4-2-1-3-5-8/h7-8H,1-6H2. The third-order valence-electron chi connectivity index (χ3n) is 2.36. The van der Waals surface area contributed by atoms with Crippen molar-refractivity contribution in [2.45, 2.75) is 38.5 Å². The van der Waals surface area contributed by atoms with Crippen molar-refractivity contribution in [3.05, 3.63) is 0 Å². The van der Waals surface area contributed by atoms with Crippen LogP contribution in [0.25, 0.3) is 0 Å². The van der Waals surface area contributed by atoms with Gasteiger partial charge in [-0.15, -0.1) is 0 Å². The van der Waals surface area contributed by atoms with Gasteiger partial charge in [-0.25, -0.2) is 0 Å². The molecule has 1 saturated carbocycles. The molecule has 0 aromatic carbocycles. The lowest BCUT2D eigenvalue weighted by Gasteiger charge is -2.19. The highest BCUT2D eigenvalue weighted by atomic mass is 16.6. The van der Waals surface area contributed by atoms with Crippen molar-refractivity contribution < 1.29 is 14.3 Å². The Morgan fingerprint density at radius 1 is 1.33 bits per heavy atom. The van der Waals surface area contributed by atoms with Gasteiger partial charge in [0.25, 0.3) is 0 Å². The molecule has 1 fully saturated rings. The van der Waals surface area contributed by atoms with Gasteiger partial charge in [0.05, 0.1) is 0 Å². The molecule has 0 radical (unpaired) electrons. The van der Waals surface area contributed by atoms with Crippen molar-refractivity contribution in [1.82, 2.24) is 0 Å². The molecule has 12 heavy (non-hydrogen) atoms. The number of carbonyl (C=O) groups is 2. The molecule has 0 amide bonds. The Labute approximate surface area is 72.1 Å². The first-order valence-electron chi connectivity index (χ1n) is 4.46. The minimum absolute atomic E-state index is 0.213. The largest absolute Gasteiger partial charge is 0.395 e. The van der Waals surface area contributed by atoms with Crippen molar-refractivity contribution >= 4 is 12.4 Å². The molecule has 0 aromatic rings. The van der Waals surface area contributed by atoms with Crippen molar-refractivity contribution in [2.75, 3.05) is 0 Å². The van der Waals surface area contributed by atoms with E-state index in [0.29, 0.717) is 12.3 Å². The highest BCUT2D eigenvalue weighted by Gasteiger charge is 2.17. The van der Waals surface area contributed by atoms with Crippen molar-refractivity contribution in [2.24, 2.45) is 5.92 Å². The maximum atomic E-state index is 10.9. The molecule has 3 nitrogen and oxygen atoms in total. The summed E-state index contributed by atoms with van der Waals surface area (Å²) in [5, 5.41) is 0. The van der Waals surface area contributed by atoms with E-state index in [-0.39, 0.29) is 12.4 Å². The molecule has 0 saturated heterocycles. The number of carbonyl (C=O) groups excluding carboxylic acids is 2.